The number of nitro benzene ring substituents is 1. The van der Waals surface area contributed by atoms with Crippen molar-refractivity contribution in [2.45, 2.75) is 17.2 Å². The maximum atomic E-state index is 13.2. The molecule has 25 heavy (non-hydrogen) atoms. The van der Waals surface area contributed by atoms with Gasteiger partial charge >= 0.3 is 5.76 Å². The average Bonchev–Trinajstić information content (AvgIpc) is 2.55. The largest absolute Gasteiger partial charge is 0.505 e. The van der Waals surface area contributed by atoms with Crippen molar-refractivity contribution in [2.75, 3.05) is 5.32 Å². The van der Waals surface area contributed by atoms with Gasteiger partial charge in [0.05, 0.1) is 9.82 Å². The number of benzene rings is 2. The van der Waals surface area contributed by atoms with Crippen LogP contribution in [0.2, 0.25) is 0 Å². The molecule has 0 amide bonds. The van der Waals surface area contributed by atoms with Crippen LogP contribution in [0.1, 0.15) is 5.56 Å². The zero-order chi connectivity index (χ0) is 18.8. The maximum Gasteiger partial charge on any atom is 0.341 e. The fourth-order valence-corrected chi connectivity index (χ4v) is 2.69. The summed E-state index contributed by atoms with van der Waals surface area (Å²) in [7, 11) is -4.97. The van der Waals surface area contributed by atoms with E-state index in [1.54, 1.807) is 0 Å². The molecule has 0 spiro atoms. The summed E-state index contributed by atoms with van der Waals surface area (Å²) in [6.07, 6.45) is 0. The predicted octanol–water partition coefficient (Wildman–Crippen LogP) is 3.05. The number of hydrogen-bond donors (Lipinski definition) is 2. The minimum absolute atomic E-state index is 0.0843. The molecule has 2 rings (SSSR count). The van der Waals surface area contributed by atoms with E-state index in [0.717, 1.165) is 24.3 Å². The molecular formula is C14H11F3N2O5S. The molecule has 7 nitrogen and oxygen atoms in total. The van der Waals surface area contributed by atoms with Gasteiger partial charge in [-0.25, -0.2) is 12.8 Å². The molecule has 2 aromatic carbocycles. The van der Waals surface area contributed by atoms with E-state index < -0.39 is 42.7 Å². The van der Waals surface area contributed by atoms with Gasteiger partial charge in [0.15, 0.2) is 11.6 Å². The molecule has 134 valence electrons. The molecule has 0 atom stereocenters. The van der Waals surface area contributed by atoms with Crippen molar-refractivity contribution in [1.29, 1.82) is 0 Å². The number of halogens is 3. The Morgan fingerprint density at radius 3 is 2.44 bits per heavy atom. The van der Waals surface area contributed by atoms with Gasteiger partial charge in [-0.15, -0.1) is 0 Å². The topological polar surface area (TPSA) is 110 Å². The smallest absolute Gasteiger partial charge is 0.341 e. The first kappa shape index (κ1) is 18.5. The van der Waals surface area contributed by atoms with Gasteiger partial charge in [-0.2, -0.15) is 8.78 Å². The molecule has 0 aromatic heterocycles. The summed E-state index contributed by atoms with van der Waals surface area (Å²) < 4.78 is 61.1. The van der Waals surface area contributed by atoms with E-state index in [1.165, 1.54) is 6.07 Å². The lowest BCUT2D eigenvalue weighted by Gasteiger charge is -2.09. The van der Waals surface area contributed by atoms with Crippen LogP contribution >= 0.6 is 0 Å². The van der Waals surface area contributed by atoms with E-state index in [4.69, 9.17) is 5.11 Å². The van der Waals surface area contributed by atoms with Crippen LogP contribution in [0.3, 0.4) is 0 Å². The van der Waals surface area contributed by atoms with Crippen molar-refractivity contribution in [1.82, 2.24) is 0 Å². The number of alkyl halides is 2. The maximum absolute atomic E-state index is 13.2. The molecule has 2 N–H and O–H groups in total. The third kappa shape index (κ3) is 3.99. The first-order valence-corrected chi connectivity index (χ1v) is 8.19. The molecule has 0 fully saturated rings. The van der Waals surface area contributed by atoms with Gasteiger partial charge in [0.25, 0.3) is 5.69 Å². The minimum Gasteiger partial charge on any atom is -0.505 e. The fraction of sp³-hybridized carbons (Fsp3) is 0.143. The first-order chi connectivity index (χ1) is 11.6. The highest BCUT2D eigenvalue weighted by molar-refractivity contribution is 7.91. The minimum atomic E-state index is -4.97. The van der Waals surface area contributed by atoms with Crippen molar-refractivity contribution in [3.05, 3.63) is 57.9 Å². The summed E-state index contributed by atoms with van der Waals surface area (Å²) in [4.78, 5) is 9.27. The Morgan fingerprint density at radius 1 is 1.20 bits per heavy atom. The third-order valence-electron chi connectivity index (χ3n) is 3.22. The number of hydrogen-bond acceptors (Lipinski definition) is 6. The number of nitro groups is 1. The molecular weight excluding hydrogens is 365 g/mol. The summed E-state index contributed by atoms with van der Waals surface area (Å²) >= 11 is 0. The molecule has 0 radical (unpaired) electrons. The normalized spacial score (nSPS) is 11.5. The third-order valence-corrected chi connectivity index (χ3v) is 4.60. The summed E-state index contributed by atoms with van der Waals surface area (Å²) in [6, 6.07) is 5.79. The van der Waals surface area contributed by atoms with Crippen molar-refractivity contribution >= 4 is 21.2 Å². The van der Waals surface area contributed by atoms with Gasteiger partial charge in [0.1, 0.15) is 5.69 Å². The SMILES string of the molecule is O=[N+]([O-])c1cc(S(=O)(=O)C(F)F)ccc1NCc1ccc(O)c(F)c1. The monoisotopic (exact) mass is 376 g/mol. The lowest BCUT2D eigenvalue weighted by Crippen LogP contribution is -2.12. The molecule has 0 unspecified atom stereocenters. The van der Waals surface area contributed by atoms with E-state index in [2.05, 4.69) is 5.32 Å². The van der Waals surface area contributed by atoms with Gasteiger partial charge in [-0.3, -0.25) is 10.1 Å². The zero-order valence-electron chi connectivity index (χ0n) is 12.3. The molecule has 0 aliphatic heterocycles. The second-order valence-electron chi connectivity index (χ2n) is 4.88. The second-order valence-corrected chi connectivity index (χ2v) is 6.80. The van der Waals surface area contributed by atoms with Crippen molar-refractivity contribution in [3.63, 3.8) is 0 Å². The van der Waals surface area contributed by atoms with Crippen LogP contribution < -0.4 is 5.32 Å². The van der Waals surface area contributed by atoms with E-state index >= 15 is 0 Å². The number of anilines is 1. The van der Waals surface area contributed by atoms with Gasteiger partial charge in [-0.05, 0) is 29.8 Å². The molecule has 0 saturated heterocycles. The molecule has 0 aliphatic carbocycles. The van der Waals surface area contributed by atoms with Crippen LogP contribution in [-0.2, 0) is 16.4 Å². The lowest BCUT2D eigenvalue weighted by molar-refractivity contribution is -0.384. The number of nitrogens with zero attached hydrogens (tertiary/aromatic N) is 1. The Hall–Kier alpha value is -2.82. The highest BCUT2D eigenvalue weighted by Crippen LogP contribution is 2.30. The van der Waals surface area contributed by atoms with Gasteiger partial charge in [-0.1, -0.05) is 6.07 Å². The van der Waals surface area contributed by atoms with Crippen LogP contribution in [0.5, 0.6) is 5.75 Å². The van der Waals surface area contributed by atoms with Crippen LogP contribution in [0.15, 0.2) is 41.3 Å². The van der Waals surface area contributed by atoms with Gasteiger partial charge in [0.2, 0.25) is 9.84 Å². The summed E-state index contributed by atoms with van der Waals surface area (Å²) in [6.45, 7) is -0.0843. The number of rotatable bonds is 6. The Morgan fingerprint density at radius 2 is 1.88 bits per heavy atom. The van der Waals surface area contributed by atoms with E-state index in [1.807, 2.05) is 0 Å². The standard InChI is InChI=1S/C14H11F3N2O5S/c15-10-5-8(1-4-13(10)20)7-18-11-3-2-9(6-12(11)19(21)22)25(23,24)14(16)17/h1-6,14,18,20H,7H2. The zero-order valence-corrected chi connectivity index (χ0v) is 13.1. The van der Waals surface area contributed by atoms with Gasteiger partial charge < -0.3 is 10.4 Å². The molecule has 0 saturated carbocycles. The van der Waals surface area contributed by atoms with Crippen LogP contribution in [0, 0.1) is 15.9 Å². The molecule has 0 aliphatic rings. The summed E-state index contributed by atoms with van der Waals surface area (Å²) in [5.41, 5.74) is -0.512. The molecule has 2 aromatic rings. The highest BCUT2D eigenvalue weighted by atomic mass is 32.2. The van der Waals surface area contributed by atoms with E-state index in [0.29, 0.717) is 11.6 Å². The van der Waals surface area contributed by atoms with Crippen LogP contribution in [-0.4, -0.2) is 24.2 Å². The number of nitrogens with one attached hydrogen (secondary N) is 1. The molecule has 0 heterocycles. The van der Waals surface area contributed by atoms with Crippen LogP contribution in [0.4, 0.5) is 24.5 Å². The first-order valence-electron chi connectivity index (χ1n) is 6.64. The molecule has 11 heteroatoms. The van der Waals surface area contributed by atoms with Crippen molar-refractivity contribution in [3.8, 4) is 5.75 Å². The number of aromatic hydroxyl groups is 1. The fourth-order valence-electron chi connectivity index (χ4n) is 1.95. The average molecular weight is 376 g/mol. The quantitative estimate of drug-likeness (QED) is 0.592. The Balaban J connectivity index is 2.32. The number of phenolic OH excluding ortho intramolecular Hbond substituents is 1. The Bertz CT molecular complexity index is 919. The predicted molar refractivity (Wildman–Crippen MR) is 81.7 cm³/mol. The lowest BCUT2D eigenvalue weighted by atomic mass is 10.2. The summed E-state index contributed by atoms with van der Waals surface area (Å²) in [5, 5.41) is 22.8. The van der Waals surface area contributed by atoms with Crippen molar-refractivity contribution < 1.29 is 31.6 Å². The van der Waals surface area contributed by atoms with Gasteiger partial charge in [0, 0.05) is 12.6 Å². The molecule has 0 bridgehead atoms. The van der Waals surface area contributed by atoms with E-state index in [-0.39, 0.29) is 12.2 Å². The Labute approximate surface area is 139 Å². The number of sulfone groups is 1. The van der Waals surface area contributed by atoms with E-state index in [9.17, 15) is 31.7 Å². The highest BCUT2D eigenvalue weighted by Gasteiger charge is 2.29. The summed E-state index contributed by atoms with van der Waals surface area (Å²) in [5.74, 6) is -5.14. The van der Waals surface area contributed by atoms with Crippen LogP contribution in [0.25, 0.3) is 0 Å². The second kappa shape index (κ2) is 6.97. The number of phenols is 1. The van der Waals surface area contributed by atoms with Crippen molar-refractivity contribution in [2.24, 2.45) is 0 Å². The Kier molecular flexibility index (Phi) is 5.16.